The maximum atomic E-state index is 10.8. The van der Waals surface area contributed by atoms with Crippen LogP contribution in [-0.2, 0) is 0 Å². The lowest BCUT2D eigenvalue weighted by Crippen LogP contribution is -2.25. The smallest absolute Gasteiger partial charge is 0.319 e. The molecule has 54 valence electrons. The second-order valence-corrected chi connectivity index (χ2v) is 2.13. The van der Waals surface area contributed by atoms with Crippen LogP contribution in [0.25, 0.3) is 0 Å². The van der Waals surface area contributed by atoms with Gasteiger partial charge in [-0.15, -0.1) is 12.4 Å². The molecule has 0 atom stereocenters. The number of nitrogens with zero attached hydrogens (tertiary/aromatic N) is 2. The molecular formula is C5H11ClN2O. The Morgan fingerprint density at radius 3 is 1.67 bits per heavy atom. The van der Waals surface area contributed by atoms with Crippen LogP contribution in [0.4, 0.5) is 4.79 Å². The zero-order valence-electron chi connectivity index (χ0n) is 5.63. The Labute approximate surface area is 61.0 Å². The van der Waals surface area contributed by atoms with Crippen LogP contribution in [0.1, 0.15) is 0 Å². The summed E-state index contributed by atoms with van der Waals surface area (Å²) in [5.74, 6) is 0. The van der Waals surface area contributed by atoms with E-state index in [1.54, 1.807) is 9.80 Å². The molecule has 0 aromatic carbocycles. The minimum Gasteiger partial charge on any atom is -0.326 e. The van der Waals surface area contributed by atoms with Crippen LogP contribution in [0.2, 0.25) is 0 Å². The predicted octanol–water partition coefficient (Wildman–Crippen LogP) is 0.405. The van der Waals surface area contributed by atoms with Crippen LogP contribution in [-0.4, -0.2) is 43.0 Å². The second kappa shape index (κ2) is 2.92. The van der Waals surface area contributed by atoms with Gasteiger partial charge in [-0.25, -0.2) is 4.79 Å². The van der Waals surface area contributed by atoms with Crippen molar-refractivity contribution in [3.05, 3.63) is 0 Å². The van der Waals surface area contributed by atoms with Crippen LogP contribution in [0, 0.1) is 0 Å². The SMILES string of the molecule is CN1CCN(C)C1=O.Cl. The monoisotopic (exact) mass is 150 g/mol. The first-order chi connectivity index (χ1) is 3.72. The van der Waals surface area contributed by atoms with E-state index in [9.17, 15) is 4.79 Å². The minimum atomic E-state index is 0. The van der Waals surface area contributed by atoms with Gasteiger partial charge in [0.2, 0.25) is 0 Å². The highest BCUT2D eigenvalue weighted by molar-refractivity contribution is 5.85. The maximum absolute atomic E-state index is 10.8. The average Bonchev–Trinajstić information content (AvgIpc) is 1.98. The van der Waals surface area contributed by atoms with E-state index in [0.717, 1.165) is 13.1 Å². The van der Waals surface area contributed by atoms with Crippen LogP contribution < -0.4 is 0 Å². The molecule has 1 saturated heterocycles. The van der Waals surface area contributed by atoms with Crippen molar-refractivity contribution in [3.8, 4) is 0 Å². The highest BCUT2D eigenvalue weighted by Crippen LogP contribution is 2.00. The van der Waals surface area contributed by atoms with Crippen molar-refractivity contribution in [1.82, 2.24) is 9.80 Å². The van der Waals surface area contributed by atoms with E-state index in [4.69, 9.17) is 0 Å². The fourth-order valence-corrected chi connectivity index (χ4v) is 0.783. The summed E-state index contributed by atoms with van der Waals surface area (Å²) in [5.41, 5.74) is 0. The van der Waals surface area contributed by atoms with Gasteiger partial charge in [0.25, 0.3) is 0 Å². The van der Waals surface area contributed by atoms with E-state index in [0.29, 0.717) is 0 Å². The summed E-state index contributed by atoms with van der Waals surface area (Å²) in [5, 5.41) is 0. The average molecular weight is 151 g/mol. The molecule has 9 heavy (non-hydrogen) atoms. The van der Waals surface area contributed by atoms with Crippen LogP contribution >= 0.6 is 12.4 Å². The molecule has 0 aromatic heterocycles. The minimum absolute atomic E-state index is 0. The van der Waals surface area contributed by atoms with Crippen LogP contribution in [0.3, 0.4) is 0 Å². The lowest BCUT2D eigenvalue weighted by molar-refractivity contribution is 0.205. The van der Waals surface area contributed by atoms with E-state index in [-0.39, 0.29) is 18.4 Å². The van der Waals surface area contributed by atoms with Crippen molar-refractivity contribution >= 4 is 18.4 Å². The number of rotatable bonds is 0. The summed E-state index contributed by atoms with van der Waals surface area (Å²) >= 11 is 0. The molecule has 0 spiro atoms. The van der Waals surface area contributed by atoms with E-state index < -0.39 is 0 Å². The maximum Gasteiger partial charge on any atom is 0.319 e. The van der Waals surface area contributed by atoms with Gasteiger partial charge in [-0.05, 0) is 0 Å². The van der Waals surface area contributed by atoms with E-state index in [2.05, 4.69) is 0 Å². The van der Waals surface area contributed by atoms with Gasteiger partial charge in [0.05, 0.1) is 0 Å². The predicted molar refractivity (Wildman–Crippen MR) is 37.9 cm³/mol. The van der Waals surface area contributed by atoms with E-state index >= 15 is 0 Å². The van der Waals surface area contributed by atoms with Crippen molar-refractivity contribution in [1.29, 1.82) is 0 Å². The number of urea groups is 1. The molecule has 0 saturated carbocycles. The molecule has 1 rings (SSSR count). The van der Waals surface area contributed by atoms with Gasteiger partial charge in [-0.1, -0.05) is 0 Å². The van der Waals surface area contributed by atoms with E-state index in [1.807, 2.05) is 14.1 Å². The summed E-state index contributed by atoms with van der Waals surface area (Å²) < 4.78 is 0. The molecule has 2 amide bonds. The highest BCUT2D eigenvalue weighted by Gasteiger charge is 2.20. The summed E-state index contributed by atoms with van der Waals surface area (Å²) in [4.78, 5) is 14.2. The number of likely N-dealkylation sites (N-methyl/N-ethyl adjacent to an activating group) is 2. The van der Waals surface area contributed by atoms with E-state index in [1.165, 1.54) is 0 Å². The molecule has 0 N–H and O–H groups in total. The Balaban J connectivity index is 0.000000640. The van der Waals surface area contributed by atoms with Gasteiger partial charge < -0.3 is 9.80 Å². The van der Waals surface area contributed by atoms with Gasteiger partial charge in [-0.3, -0.25) is 0 Å². The summed E-state index contributed by atoms with van der Waals surface area (Å²) in [6, 6.07) is 0.130. The van der Waals surface area contributed by atoms with Gasteiger partial charge in [0, 0.05) is 27.2 Å². The second-order valence-electron chi connectivity index (χ2n) is 2.13. The zero-order chi connectivity index (χ0) is 6.15. The van der Waals surface area contributed by atoms with Crippen molar-refractivity contribution in [2.75, 3.05) is 27.2 Å². The quantitative estimate of drug-likeness (QED) is 0.491. The van der Waals surface area contributed by atoms with Gasteiger partial charge in [0.15, 0.2) is 0 Å². The molecule has 4 heteroatoms. The first kappa shape index (κ1) is 8.56. The largest absolute Gasteiger partial charge is 0.326 e. The molecule has 0 aliphatic carbocycles. The fraction of sp³-hybridized carbons (Fsp3) is 0.800. The third-order valence-electron chi connectivity index (χ3n) is 1.42. The Bertz CT molecular complexity index is 106. The molecule has 0 radical (unpaired) electrons. The van der Waals surface area contributed by atoms with Crippen molar-refractivity contribution < 1.29 is 4.79 Å². The fourth-order valence-electron chi connectivity index (χ4n) is 0.783. The van der Waals surface area contributed by atoms with Crippen molar-refractivity contribution in [3.63, 3.8) is 0 Å². The third-order valence-corrected chi connectivity index (χ3v) is 1.42. The third kappa shape index (κ3) is 1.48. The normalized spacial score (nSPS) is 18.2. The lowest BCUT2D eigenvalue weighted by atomic mass is 10.6. The number of hydrogen-bond donors (Lipinski definition) is 0. The number of hydrogen-bond acceptors (Lipinski definition) is 1. The standard InChI is InChI=1S/C5H10N2O.ClH/c1-6-3-4-7(2)5(6)8;/h3-4H2,1-2H3;1H. The number of amides is 2. The van der Waals surface area contributed by atoms with Gasteiger partial charge in [-0.2, -0.15) is 0 Å². The Morgan fingerprint density at radius 1 is 1.22 bits per heavy atom. The Morgan fingerprint density at radius 2 is 1.56 bits per heavy atom. The summed E-state index contributed by atoms with van der Waals surface area (Å²) in [6.45, 7) is 1.74. The van der Waals surface area contributed by atoms with Gasteiger partial charge >= 0.3 is 6.03 Å². The Kier molecular flexibility index (Phi) is 2.77. The zero-order valence-corrected chi connectivity index (χ0v) is 6.44. The number of carbonyl (C=O) groups excluding carboxylic acids is 1. The Hall–Kier alpha value is -0.440. The molecule has 1 heterocycles. The highest BCUT2D eigenvalue weighted by atomic mass is 35.5. The molecule has 1 fully saturated rings. The van der Waals surface area contributed by atoms with Crippen molar-refractivity contribution in [2.24, 2.45) is 0 Å². The van der Waals surface area contributed by atoms with Crippen LogP contribution in [0.15, 0.2) is 0 Å². The van der Waals surface area contributed by atoms with Crippen molar-refractivity contribution in [2.45, 2.75) is 0 Å². The van der Waals surface area contributed by atoms with Crippen LogP contribution in [0.5, 0.6) is 0 Å². The number of carbonyl (C=O) groups is 1. The molecule has 1 aliphatic heterocycles. The first-order valence-electron chi connectivity index (χ1n) is 2.68. The first-order valence-corrected chi connectivity index (χ1v) is 2.68. The molecular weight excluding hydrogens is 140 g/mol. The molecule has 0 unspecified atom stereocenters. The molecule has 0 bridgehead atoms. The summed E-state index contributed by atoms with van der Waals surface area (Å²) in [6.07, 6.45) is 0. The topological polar surface area (TPSA) is 23.6 Å². The molecule has 1 aliphatic rings. The molecule has 0 aromatic rings. The molecule has 3 nitrogen and oxygen atoms in total. The lowest BCUT2D eigenvalue weighted by Gasteiger charge is -2.07. The van der Waals surface area contributed by atoms with Gasteiger partial charge in [0.1, 0.15) is 0 Å². The summed E-state index contributed by atoms with van der Waals surface area (Å²) in [7, 11) is 3.62. The number of halogens is 1.